The summed E-state index contributed by atoms with van der Waals surface area (Å²) in [6.07, 6.45) is 1.71. The van der Waals surface area contributed by atoms with Crippen LogP contribution in [0.15, 0.2) is 30.5 Å². The van der Waals surface area contributed by atoms with Gasteiger partial charge in [0.05, 0.1) is 0 Å². The molecule has 4 heteroatoms. The summed E-state index contributed by atoms with van der Waals surface area (Å²) >= 11 is 0. The number of hydrogen-bond donors (Lipinski definition) is 1. The van der Waals surface area contributed by atoms with Crippen LogP contribution in [0.3, 0.4) is 0 Å². The summed E-state index contributed by atoms with van der Waals surface area (Å²) in [4.78, 5) is 6.50. The van der Waals surface area contributed by atoms with Crippen molar-refractivity contribution in [3.63, 3.8) is 0 Å². The van der Waals surface area contributed by atoms with E-state index in [4.69, 9.17) is 0 Å². The Labute approximate surface area is 114 Å². The summed E-state index contributed by atoms with van der Waals surface area (Å²) in [5.74, 6) is 0.315. The predicted molar refractivity (Wildman–Crippen MR) is 77.3 cm³/mol. The molecule has 18 heavy (non-hydrogen) atoms. The second kappa shape index (κ2) is 6.57. The number of aromatic hydroxyl groups is 1. The minimum atomic E-state index is 0. The summed E-state index contributed by atoms with van der Waals surface area (Å²) in [5.41, 5.74) is 1.64. The van der Waals surface area contributed by atoms with Crippen LogP contribution in [0.4, 0.5) is 0 Å². The summed E-state index contributed by atoms with van der Waals surface area (Å²) in [7, 11) is 0. The molecule has 0 aliphatic rings. The molecular formula is C14H19ClN2O. The first kappa shape index (κ1) is 14.7. The van der Waals surface area contributed by atoms with Gasteiger partial charge in [-0.2, -0.15) is 0 Å². The molecule has 1 heterocycles. The van der Waals surface area contributed by atoms with E-state index in [1.54, 1.807) is 6.20 Å². The molecule has 0 saturated carbocycles. The fraction of sp³-hybridized carbons (Fsp3) is 0.357. The highest BCUT2D eigenvalue weighted by atomic mass is 35.5. The van der Waals surface area contributed by atoms with Crippen LogP contribution in [0, 0.1) is 0 Å². The molecular weight excluding hydrogens is 248 g/mol. The van der Waals surface area contributed by atoms with Crippen molar-refractivity contribution in [3.8, 4) is 5.75 Å². The maximum Gasteiger partial charge on any atom is 0.146 e. The van der Waals surface area contributed by atoms with Crippen LogP contribution in [-0.2, 0) is 6.54 Å². The van der Waals surface area contributed by atoms with Gasteiger partial charge < -0.3 is 5.11 Å². The van der Waals surface area contributed by atoms with E-state index in [0.717, 1.165) is 30.6 Å². The van der Waals surface area contributed by atoms with Crippen molar-refractivity contribution < 1.29 is 5.11 Å². The molecule has 1 aromatic carbocycles. The van der Waals surface area contributed by atoms with Crippen molar-refractivity contribution in [1.29, 1.82) is 0 Å². The number of pyridine rings is 1. The van der Waals surface area contributed by atoms with Crippen molar-refractivity contribution in [3.05, 3.63) is 36.0 Å². The van der Waals surface area contributed by atoms with E-state index < -0.39 is 0 Å². The zero-order valence-corrected chi connectivity index (χ0v) is 11.6. The fourth-order valence-electron chi connectivity index (χ4n) is 1.99. The smallest absolute Gasteiger partial charge is 0.146 e. The van der Waals surface area contributed by atoms with Crippen LogP contribution < -0.4 is 0 Å². The van der Waals surface area contributed by atoms with Gasteiger partial charge in [-0.3, -0.25) is 9.88 Å². The van der Waals surface area contributed by atoms with Crippen molar-refractivity contribution in [1.82, 2.24) is 9.88 Å². The third kappa shape index (κ3) is 2.92. The highest BCUT2D eigenvalue weighted by Gasteiger charge is 2.09. The Balaban J connectivity index is 0.00000162. The number of rotatable bonds is 4. The molecule has 0 bridgehead atoms. The molecule has 0 fully saturated rings. The van der Waals surface area contributed by atoms with Gasteiger partial charge in [0.15, 0.2) is 0 Å². The molecule has 1 aromatic heterocycles. The number of hydrogen-bond acceptors (Lipinski definition) is 3. The average molecular weight is 267 g/mol. The van der Waals surface area contributed by atoms with E-state index in [0.29, 0.717) is 11.3 Å². The van der Waals surface area contributed by atoms with Crippen molar-refractivity contribution in [2.75, 3.05) is 13.1 Å². The van der Waals surface area contributed by atoms with Gasteiger partial charge in [-0.1, -0.05) is 32.0 Å². The van der Waals surface area contributed by atoms with Crippen LogP contribution in [0.2, 0.25) is 0 Å². The SMILES string of the molecule is CCN(CC)Cc1ccc2cccnc2c1O.Cl. The first-order chi connectivity index (χ1) is 8.26. The monoisotopic (exact) mass is 266 g/mol. The largest absolute Gasteiger partial charge is 0.505 e. The molecule has 2 rings (SSSR count). The summed E-state index contributed by atoms with van der Waals surface area (Å²) in [6, 6.07) is 7.84. The third-order valence-corrected chi connectivity index (χ3v) is 3.12. The molecule has 3 nitrogen and oxygen atoms in total. The second-order valence-electron chi connectivity index (χ2n) is 4.11. The van der Waals surface area contributed by atoms with Crippen LogP contribution in [0.25, 0.3) is 10.9 Å². The molecule has 0 aliphatic heterocycles. The van der Waals surface area contributed by atoms with Gasteiger partial charge in [0.25, 0.3) is 0 Å². The summed E-state index contributed by atoms with van der Waals surface area (Å²) < 4.78 is 0. The molecule has 0 unspecified atom stereocenters. The van der Waals surface area contributed by atoms with Gasteiger partial charge >= 0.3 is 0 Å². The zero-order valence-electron chi connectivity index (χ0n) is 10.8. The Hall–Kier alpha value is -1.32. The van der Waals surface area contributed by atoms with Gasteiger partial charge in [0.2, 0.25) is 0 Å². The Morgan fingerprint density at radius 3 is 2.56 bits per heavy atom. The maximum absolute atomic E-state index is 10.2. The normalized spacial score (nSPS) is 10.6. The molecule has 98 valence electrons. The minimum Gasteiger partial charge on any atom is -0.505 e. The second-order valence-corrected chi connectivity index (χ2v) is 4.11. The fourth-order valence-corrected chi connectivity index (χ4v) is 1.99. The number of aromatic nitrogens is 1. The Morgan fingerprint density at radius 2 is 1.89 bits per heavy atom. The summed E-state index contributed by atoms with van der Waals surface area (Å²) in [6.45, 7) is 6.98. The van der Waals surface area contributed by atoms with E-state index in [2.05, 4.69) is 23.7 Å². The number of halogens is 1. The Bertz CT molecular complexity index is 512. The van der Waals surface area contributed by atoms with Gasteiger partial charge in [-0.25, -0.2) is 0 Å². The first-order valence-electron chi connectivity index (χ1n) is 6.04. The molecule has 0 radical (unpaired) electrons. The topological polar surface area (TPSA) is 36.4 Å². The lowest BCUT2D eigenvalue weighted by Crippen LogP contribution is -2.22. The number of nitrogens with zero attached hydrogens (tertiary/aromatic N) is 2. The Kier molecular flexibility index (Phi) is 5.38. The molecule has 0 amide bonds. The standard InChI is InChI=1S/C14H18N2O.ClH/c1-3-16(4-2)10-12-8-7-11-6-5-9-15-13(11)14(12)17;/h5-9,17H,3-4,10H2,1-2H3;1H. The van der Waals surface area contributed by atoms with Gasteiger partial charge in [-0.05, 0) is 19.2 Å². The van der Waals surface area contributed by atoms with Gasteiger partial charge in [0.1, 0.15) is 11.3 Å². The number of phenols is 1. The lowest BCUT2D eigenvalue weighted by atomic mass is 10.1. The van der Waals surface area contributed by atoms with Crippen LogP contribution >= 0.6 is 12.4 Å². The van der Waals surface area contributed by atoms with Crippen molar-refractivity contribution in [2.24, 2.45) is 0 Å². The van der Waals surface area contributed by atoms with Crippen LogP contribution in [-0.4, -0.2) is 28.1 Å². The van der Waals surface area contributed by atoms with E-state index in [-0.39, 0.29) is 12.4 Å². The van der Waals surface area contributed by atoms with Crippen LogP contribution in [0.5, 0.6) is 5.75 Å². The van der Waals surface area contributed by atoms with E-state index in [9.17, 15) is 5.11 Å². The maximum atomic E-state index is 10.2. The molecule has 1 N–H and O–H groups in total. The van der Waals surface area contributed by atoms with E-state index in [1.165, 1.54) is 0 Å². The summed E-state index contributed by atoms with van der Waals surface area (Å²) in [5, 5.41) is 11.2. The quantitative estimate of drug-likeness (QED) is 0.923. The predicted octanol–water partition coefficient (Wildman–Crippen LogP) is 3.20. The van der Waals surface area contributed by atoms with Gasteiger partial charge in [-0.15, -0.1) is 12.4 Å². The average Bonchev–Trinajstić information content (AvgIpc) is 2.38. The zero-order chi connectivity index (χ0) is 12.3. The molecule has 2 aromatic rings. The molecule has 0 aliphatic carbocycles. The van der Waals surface area contributed by atoms with Crippen molar-refractivity contribution in [2.45, 2.75) is 20.4 Å². The molecule has 0 atom stereocenters. The highest BCUT2D eigenvalue weighted by Crippen LogP contribution is 2.27. The van der Waals surface area contributed by atoms with Crippen molar-refractivity contribution >= 4 is 23.3 Å². The number of fused-ring (bicyclic) bond motifs is 1. The third-order valence-electron chi connectivity index (χ3n) is 3.12. The lowest BCUT2D eigenvalue weighted by molar-refractivity contribution is 0.291. The van der Waals surface area contributed by atoms with Crippen LogP contribution in [0.1, 0.15) is 19.4 Å². The lowest BCUT2D eigenvalue weighted by Gasteiger charge is -2.19. The minimum absolute atomic E-state index is 0. The highest BCUT2D eigenvalue weighted by molar-refractivity contribution is 5.85. The molecule has 0 saturated heterocycles. The molecule has 0 spiro atoms. The van der Waals surface area contributed by atoms with E-state index in [1.807, 2.05) is 24.3 Å². The Morgan fingerprint density at radius 1 is 1.17 bits per heavy atom. The first-order valence-corrected chi connectivity index (χ1v) is 6.04. The number of benzene rings is 1. The number of phenolic OH excluding ortho intramolecular Hbond substituents is 1. The van der Waals surface area contributed by atoms with Gasteiger partial charge in [0, 0.05) is 23.7 Å². The van der Waals surface area contributed by atoms with E-state index >= 15 is 0 Å².